The fraction of sp³-hybridized carbons (Fsp3) is 0. The standard InChI is InChI=1S/C15H10N2O2/c18-15(13-6-3-4-9-16-13)12-8-10-17(19)14-7-2-1-5-11(12)14/h1-10H. The molecule has 0 N–H and O–H groups in total. The molecule has 0 unspecified atom stereocenters. The van der Waals surface area contributed by atoms with Crippen molar-refractivity contribution in [3.63, 3.8) is 0 Å². The van der Waals surface area contributed by atoms with Crippen LogP contribution in [-0.4, -0.2) is 10.8 Å². The van der Waals surface area contributed by atoms with Gasteiger partial charge in [-0.25, -0.2) is 0 Å². The molecule has 1 aromatic carbocycles. The van der Waals surface area contributed by atoms with Crippen LogP contribution in [0.25, 0.3) is 10.9 Å². The van der Waals surface area contributed by atoms with E-state index in [0.717, 1.165) is 4.73 Å². The van der Waals surface area contributed by atoms with Crippen molar-refractivity contribution in [1.29, 1.82) is 0 Å². The zero-order valence-electron chi connectivity index (χ0n) is 9.98. The maximum atomic E-state index is 12.4. The Hall–Kier alpha value is -2.75. The van der Waals surface area contributed by atoms with Crippen molar-refractivity contribution < 1.29 is 9.52 Å². The SMILES string of the molecule is O=C(c1ccccn1)c1cc[n+]([O-])c2ccccc12. The Morgan fingerprint density at radius 1 is 1.05 bits per heavy atom. The third kappa shape index (κ3) is 1.93. The smallest absolute Gasteiger partial charge is 0.224 e. The molecule has 0 atom stereocenters. The fourth-order valence-electron chi connectivity index (χ4n) is 2.04. The predicted octanol–water partition coefficient (Wildman–Crippen LogP) is 2.10. The van der Waals surface area contributed by atoms with Gasteiger partial charge < -0.3 is 5.21 Å². The van der Waals surface area contributed by atoms with E-state index in [-0.39, 0.29) is 5.78 Å². The van der Waals surface area contributed by atoms with Crippen LogP contribution in [0, 0.1) is 5.21 Å². The Morgan fingerprint density at radius 2 is 1.84 bits per heavy atom. The zero-order valence-corrected chi connectivity index (χ0v) is 9.98. The van der Waals surface area contributed by atoms with Gasteiger partial charge in [0.05, 0.1) is 5.39 Å². The molecule has 4 nitrogen and oxygen atoms in total. The summed E-state index contributed by atoms with van der Waals surface area (Å²) in [6.45, 7) is 0. The molecule has 0 saturated heterocycles. The molecule has 0 spiro atoms. The molecule has 19 heavy (non-hydrogen) atoms. The molecule has 0 aliphatic rings. The molecule has 3 rings (SSSR count). The van der Waals surface area contributed by atoms with Crippen LogP contribution in [0.4, 0.5) is 0 Å². The van der Waals surface area contributed by atoms with E-state index >= 15 is 0 Å². The summed E-state index contributed by atoms with van der Waals surface area (Å²) in [6, 6.07) is 13.7. The highest BCUT2D eigenvalue weighted by molar-refractivity contribution is 6.14. The number of fused-ring (bicyclic) bond motifs is 1. The molecule has 0 saturated carbocycles. The minimum atomic E-state index is -0.183. The summed E-state index contributed by atoms with van der Waals surface area (Å²) < 4.78 is 0.754. The summed E-state index contributed by atoms with van der Waals surface area (Å²) in [7, 11) is 0. The Labute approximate surface area is 109 Å². The quantitative estimate of drug-likeness (QED) is 0.397. The van der Waals surface area contributed by atoms with E-state index in [4.69, 9.17) is 0 Å². The second kappa shape index (κ2) is 4.49. The Bertz CT molecular complexity index is 754. The number of hydrogen-bond acceptors (Lipinski definition) is 3. The van der Waals surface area contributed by atoms with Crippen molar-refractivity contribution in [3.8, 4) is 0 Å². The first kappa shape index (κ1) is 11.3. The van der Waals surface area contributed by atoms with Crippen molar-refractivity contribution >= 4 is 16.7 Å². The molecule has 0 amide bonds. The van der Waals surface area contributed by atoms with Gasteiger partial charge >= 0.3 is 0 Å². The third-order valence-corrected chi connectivity index (χ3v) is 2.95. The summed E-state index contributed by atoms with van der Waals surface area (Å²) in [5, 5.41) is 12.3. The lowest BCUT2D eigenvalue weighted by molar-refractivity contribution is -0.577. The zero-order chi connectivity index (χ0) is 13.2. The summed E-state index contributed by atoms with van der Waals surface area (Å²) in [5.41, 5.74) is 1.34. The predicted molar refractivity (Wildman–Crippen MR) is 70.6 cm³/mol. The van der Waals surface area contributed by atoms with Crippen LogP contribution in [0.15, 0.2) is 60.9 Å². The van der Waals surface area contributed by atoms with Crippen molar-refractivity contribution in [2.75, 3.05) is 0 Å². The van der Waals surface area contributed by atoms with Crippen LogP contribution in [0.2, 0.25) is 0 Å². The molecule has 4 heteroatoms. The van der Waals surface area contributed by atoms with E-state index in [9.17, 15) is 10.0 Å². The van der Waals surface area contributed by atoms with Crippen LogP contribution in [-0.2, 0) is 0 Å². The topological polar surface area (TPSA) is 56.9 Å². The van der Waals surface area contributed by atoms with E-state index < -0.39 is 0 Å². The highest BCUT2D eigenvalue weighted by atomic mass is 16.5. The van der Waals surface area contributed by atoms with Gasteiger partial charge in [-0.3, -0.25) is 9.78 Å². The fourth-order valence-corrected chi connectivity index (χ4v) is 2.04. The Morgan fingerprint density at radius 3 is 2.63 bits per heavy atom. The first-order chi connectivity index (χ1) is 9.27. The molecule has 0 aliphatic heterocycles. The maximum Gasteiger partial charge on any atom is 0.224 e. The van der Waals surface area contributed by atoms with Crippen LogP contribution in [0.1, 0.15) is 16.1 Å². The van der Waals surface area contributed by atoms with Gasteiger partial charge in [0, 0.05) is 23.9 Å². The van der Waals surface area contributed by atoms with Crippen LogP contribution >= 0.6 is 0 Å². The van der Waals surface area contributed by atoms with Crippen molar-refractivity contribution in [2.45, 2.75) is 0 Å². The molecular formula is C15H10N2O2. The number of carbonyl (C=O) groups is 1. The lowest BCUT2D eigenvalue weighted by Gasteiger charge is -2.06. The summed E-state index contributed by atoms with van der Waals surface area (Å²) in [5.74, 6) is -0.183. The number of nitrogens with zero attached hydrogens (tertiary/aromatic N) is 2. The van der Waals surface area contributed by atoms with E-state index in [1.165, 1.54) is 12.3 Å². The number of pyridine rings is 2. The monoisotopic (exact) mass is 250 g/mol. The second-order valence-electron chi connectivity index (χ2n) is 4.12. The Balaban J connectivity index is 2.22. The highest BCUT2D eigenvalue weighted by Crippen LogP contribution is 2.17. The van der Waals surface area contributed by atoms with E-state index in [1.807, 2.05) is 0 Å². The molecule has 2 aromatic heterocycles. The van der Waals surface area contributed by atoms with Crippen molar-refractivity contribution in [2.24, 2.45) is 0 Å². The van der Waals surface area contributed by atoms with Gasteiger partial charge in [-0.15, -0.1) is 0 Å². The molecule has 0 bridgehead atoms. The van der Waals surface area contributed by atoms with Gasteiger partial charge in [0.2, 0.25) is 11.3 Å². The van der Waals surface area contributed by atoms with Crippen LogP contribution in [0.5, 0.6) is 0 Å². The lowest BCUT2D eigenvalue weighted by atomic mass is 10.0. The number of carbonyl (C=O) groups excluding carboxylic acids is 1. The third-order valence-electron chi connectivity index (χ3n) is 2.95. The number of para-hydroxylation sites is 1. The molecule has 0 radical (unpaired) electrons. The molecule has 92 valence electrons. The second-order valence-corrected chi connectivity index (χ2v) is 4.12. The average Bonchev–Trinajstić information content (AvgIpc) is 2.48. The largest absolute Gasteiger partial charge is 0.618 e. The maximum absolute atomic E-state index is 12.4. The first-order valence-electron chi connectivity index (χ1n) is 5.84. The van der Waals surface area contributed by atoms with Gasteiger partial charge in [-0.1, -0.05) is 18.2 Å². The average molecular weight is 250 g/mol. The molecule has 0 aliphatic carbocycles. The summed E-state index contributed by atoms with van der Waals surface area (Å²) >= 11 is 0. The number of benzene rings is 1. The number of ketones is 1. The summed E-state index contributed by atoms with van der Waals surface area (Å²) in [4.78, 5) is 16.4. The van der Waals surface area contributed by atoms with Crippen LogP contribution in [0.3, 0.4) is 0 Å². The van der Waals surface area contributed by atoms with Gasteiger partial charge in [0.25, 0.3) is 0 Å². The number of rotatable bonds is 2. The first-order valence-corrected chi connectivity index (χ1v) is 5.84. The van der Waals surface area contributed by atoms with E-state index in [1.54, 1.807) is 48.7 Å². The van der Waals surface area contributed by atoms with Crippen molar-refractivity contribution in [3.05, 3.63) is 77.4 Å². The van der Waals surface area contributed by atoms with Gasteiger partial charge in [0.1, 0.15) is 5.69 Å². The van der Waals surface area contributed by atoms with Gasteiger partial charge in [0.15, 0.2) is 6.20 Å². The number of aromatic nitrogens is 2. The van der Waals surface area contributed by atoms with Crippen molar-refractivity contribution in [1.82, 2.24) is 4.98 Å². The Kier molecular flexibility index (Phi) is 2.68. The van der Waals surface area contributed by atoms with E-state index in [0.29, 0.717) is 22.2 Å². The molecule has 2 heterocycles. The van der Waals surface area contributed by atoms with Gasteiger partial charge in [-0.2, -0.15) is 4.73 Å². The van der Waals surface area contributed by atoms with Crippen LogP contribution < -0.4 is 4.73 Å². The molecule has 3 aromatic rings. The normalized spacial score (nSPS) is 10.5. The lowest BCUT2D eigenvalue weighted by Crippen LogP contribution is -2.27. The highest BCUT2D eigenvalue weighted by Gasteiger charge is 2.16. The van der Waals surface area contributed by atoms with E-state index in [2.05, 4.69) is 4.98 Å². The number of hydrogen-bond donors (Lipinski definition) is 0. The van der Waals surface area contributed by atoms with Gasteiger partial charge in [-0.05, 0) is 18.2 Å². The molecule has 0 fully saturated rings. The summed E-state index contributed by atoms with van der Waals surface area (Å²) in [6.07, 6.45) is 2.92. The minimum absolute atomic E-state index is 0.183. The molecular weight excluding hydrogens is 240 g/mol. The minimum Gasteiger partial charge on any atom is -0.618 e.